The van der Waals surface area contributed by atoms with Crippen molar-refractivity contribution < 1.29 is 14.7 Å². The second-order valence-corrected chi connectivity index (χ2v) is 6.70. The zero-order chi connectivity index (χ0) is 18.7. The van der Waals surface area contributed by atoms with Crippen molar-refractivity contribution in [2.24, 2.45) is 0 Å². The van der Waals surface area contributed by atoms with Crippen LogP contribution in [0.3, 0.4) is 0 Å². The first-order valence-electron chi connectivity index (χ1n) is 8.71. The lowest BCUT2D eigenvalue weighted by atomic mass is 10.1. The molecule has 1 saturated heterocycles. The molecule has 1 aromatic heterocycles. The summed E-state index contributed by atoms with van der Waals surface area (Å²) >= 11 is 0. The Balaban J connectivity index is 1.69. The fourth-order valence-corrected chi connectivity index (χ4v) is 3.33. The largest absolute Gasteiger partial charge is 0.478 e. The number of hydrogen-bond donors (Lipinski definition) is 1. The van der Waals surface area contributed by atoms with Crippen LogP contribution in [0.15, 0.2) is 42.6 Å². The first-order valence-corrected chi connectivity index (χ1v) is 8.71. The Hall–Kier alpha value is -2.73. The number of carbonyl (C=O) groups is 2. The summed E-state index contributed by atoms with van der Waals surface area (Å²) in [6.45, 7) is 6.17. The molecule has 136 valence electrons. The number of amides is 1. The predicted octanol–water partition coefficient (Wildman–Crippen LogP) is 2.32. The van der Waals surface area contributed by atoms with Crippen LogP contribution in [0.4, 0.5) is 0 Å². The Morgan fingerprint density at radius 2 is 2.04 bits per heavy atom. The molecule has 1 fully saturated rings. The zero-order valence-electron chi connectivity index (χ0n) is 15.1. The van der Waals surface area contributed by atoms with Crippen LogP contribution in [0.1, 0.15) is 34.1 Å². The van der Waals surface area contributed by atoms with E-state index in [0.717, 1.165) is 5.56 Å². The first-order chi connectivity index (χ1) is 12.5. The van der Waals surface area contributed by atoms with Gasteiger partial charge in [0.2, 0.25) is 5.91 Å². The summed E-state index contributed by atoms with van der Waals surface area (Å²) < 4.78 is 0. The van der Waals surface area contributed by atoms with Gasteiger partial charge in [0, 0.05) is 32.4 Å². The molecule has 6 nitrogen and oxygen atoms in total. The SMILES string of the molecule is Cc1cccc(CN2CCN(Cc3ncccc3C(=O)O)C(C)C2=O)c1. The number of aromatic carboxylic acids is 1. The summed E-state index contributed by atoms with van der Waals surface area (Å²) in [7, 11) is 0. The number of carboxylic acids is 1. The highest BCUT2D eigenvalue weighted by Crippen LogP contribution is 2.18. The van der Waals surface area contributed by atoms with Crippen LogP contribution >= 0.6 is 0 Å². The van der Waals surface area contributed by atoms with Gasteiger partial charge in [-0.25, -0.2) is 4.79 Å². The summed E-state index contributed by atoms with van der Waals surface area (Å²) in [6.07, 6.45) is 1.59. The molecule has 1 unspecified atom stereocenters. The van der Waals surface area contributed by atoms with Gasteiger partial charge >= 0.3 is 5.97 Å². The molecular weight excluding hydrogens is 330 g/mol. The van der Waals surface area contributed by atoms with E-state index in [2.05, 4.69) is 11.1 Å². The lowest BCUT2D eigenvalue weighted by Crippen LogP contribution is -2.55. The molecule has 26 heavy (non-hydrogen) atoms. The van der Waals surface area contributed by atoms with E-state index in [1.165, 1.54) is 5.56 Å². The molecule has 1 atom stereocenters. The van der Waals surface area contributed by atoms with Crippen LogP contribution in [0.25, 0.3) is 0 Å². The van der Waals surface area contributed by atoms with Crippen LogP contribution in [0.2, 0.25) is 0 Å². The van der Waals surface area contributed by atoms with Gasteiger partial charge in [-0.2, -0.15) is 0 Å². The highest BCUT2D eigenvalue weighted by Gasteiger charge is 2.32. The zero-order valence-corrected chi connectivity index (χ0v) is 15.1. The Bertz CT molecular complexity index is 821. The lowest BCUT2D eigenvalue weighted by molar-refractivity contribution is -0.142. The van der Waals surface area contributed by atoms with Gasteiger partial charge < -0.3 is 10.0 Å². The standard InChI is InChI=1S/C20H23N3O3/c1-14-5-3-6-16(11-14)12-23-10-9-22(15(2)19(23)24)13-18-17(20(25)26)7-4-8-21-18/h3-8,11,15H,9-10,12-13H2,1-2H3,(H,25,26). The van der Waals surface area contributed by atoms with Crippen molar-refractivity contribution in [1.29, 1.82) is 0 Å². The fraction of sp³-hybridized carbons (Fsp3) is 0.350. The van der Waals surface area contributed by atoms with Gasteiger partial charge in [0.25, 0.3) is 0 Å². The van der Waals surface area contributed by atoms with E-state index in [0.29, 0.717) is 31.9 Å². The third kappa shape index (κ3) is 3.91. The maximum absolute atomic E-state index is 12.8. The third-order valence-electron chi connectivity index (χ3n) is 4.80. The van der Waals surface area contributed by atoms with E-state index in [-0.39, 0.29) is 17.5 Å². The molecule has 1 aromatic carbocycles. The Morgan fingerprint density at radius 1 is 1.23 bits per heavy atom. The number of aromatic nitrogens is 1. The van der Waals surface area contributed by atoms with Crippen molar-refractivity contribution in [3.63, 3.8) is 0 Å². The van der Waals surface area contributed by atoms with Crippen LogP contribution in [-0.4, -0.2) is 50.9 Å². The minimum absolute atomic E-state index is 0.0607. The molecule has 2 aromatic rings. The number of pyridine rings is 1. The lowest BCUT2D eigenvalue weighted by Gasteiger charge is -2.39. The van der Waals surface area contributed by atoms with Crippen molar-refractivity contribution in [3.8, 4) is 0 Å². The van der Waals surface area contributed by atoms with E-state index in [1.54, 1.807) is 18.3 Å². The molecule has 3 rings (SSSR count). The number of aryl methyl sites for hydroxylation is 1. The number of rotatable bonds is 5. The molecule has 0 saturated carbocycles. The molecule has 0 aliphatic carbocycles. The van der Waals surface area contributed by atoms with Crippen LogP contribution in [-0.2, 0) is 17.9 Å². The maximum atomic E-state index is 12.8. The number of carbonyl (C=O) groups excluding carboxylic acids is 1. The molecule has 1 N–H and O–H groups in total. The number of nitrogens with zero attached hydrogens (tertiary/aromatic N) is 3. The second-order valence-electron chi connectivity index (χ2n) is 6.70. The Morgan fingerprint density at radius 3 is 2.77 bits per heavy atom. The first kappa shape index (κ1) is 18.1. The summed E-state index contributed by atoms with van der Waals surface area (Å²) in [5.74, 6) is -0.935. The van der Waals surface area contributed by atoms with Gasteiger partial charge in [0.05, 0.1) is 17.3 Å². The Labute approximate surface area is 153 Å². The van der Waals surface area contributed by atoms with Crippen LogP contribution in [0, 0.1) is 6.92 Å². The molecule has 6 heteroatoms. The van der Waals surface area contributed by atoms with Gasteiger partial charge in [-0.1, -0.05) is 29.8 Å². The summed E-state index contributed by atoms with van der Waals surface area (Å²) in [4.78, 5) is 32.2. The van der Waals surface area contributed by atoms with E-state index in [1.807, 2.05) is 41.8 Å². The number of benzene rings is 1. The van der Waals surface area contributed by atoms with Gasteiger partial charge in [-0.05, 0) is 31.5 Å². The summed E-state index contributed by atoms with van der Waals surface area (Å²) in [5.41, 5.74) is 2.98. The predicted molar refractivity (Wildman–Crippen MR) is 97.7 cm³/mol. The molecule has 0 radical (unpaired) electrons. The summed E-state index contributed by atoms with van der Waals surface area (Å²) in [5, 5.41) is 9.31. The third-order valence-corrected chi connectivity index (χ3v) is 4.80. The Kier molecular flexibility index (Phi) is 5.32. The maximum Gasteiger partial charge on any atom is 0.337 e. The number of carboxylic acid groups (broad SMARTS) is 1. The van der Waals surface area contributed by atoms with Crippen molar-refractivity contribution in [1.82, 2.24) is 14.8 Å². The number of piperazine rings is 1. The van der Waals surface area contributed by atoms with Gasteiger partial charge in [-0.15, -0.1) is 0 Å². The summed E-state index contributed by atoms with van der Waals surface area (Å²) in [6, 6.07) is 11.0. The average molecular weight is 353 g/mol. The topological polar surface area (TPSA) is 73.7 Å². The molecule has 0 spiro atoms. The van der Waals surface area contributed by atoms with E-state index in [4.69, 9.17) is 0 Å². The van der Waals surface area contributed by atoms with Gasteiger partial charge in [-0.3, -0.25) is 14.7 Å². The molecular formula is C20H23N3O3. The highest BCUT2D eigenvalue weighted by atomic mass is 16.4. The van der Waals surface area contributed by atoms with Crippen LogP contribution in [0.5, 0.6) is 0 Å². The molecule has 0 bridgehead atoms. The van der Waals surface area contributed by atoms with E-state index in [9.17, 15) is 14.7 Å². The normalized spacial score (nSPS) is 18.2. The smallest absolute Gasteiger partial charge is 0.337 e. The number of hydrogen-bond acceptors (Lipinski definition) is 4. The highest BCUT2D eigenvalue weighted by molar-refractivity contribution is 5.88. The molecule has 1 aliphatic rings. The molecule has 1 amide bonds. The van der Waals surface area contributed by atoms with Gasteiger partial charge in [0.1, 0.15) is 0 Å². The fourth-order valence-electron chi connectivity index (χ4n) is 3.33. The quantitative estimate of drug-likeness (QED) is 0.893. The van der Waals surface area contributed by atoms with Crippen molar-refractivity contribution in [3.05, 3.63) is 65.0 Å². The van der Waals surface area contributed by atoms with E-state index < -0.39 is 5.97 Å². The van der Waals surface area contributed by atoms with Crippen molar-refractivity contribution in [2.45, 2.75) is 33.0 Å². The molecule has 1 aliphatic heterocycles. The second kappa shape index (κ2) is 7.66. The van der Waals surface area contributed by atoms with E-state index >= 15 is 0 Å². The monoisotopic (exact) mass is 353 g/mol. The minimum Gasteiger partial charge on any atom is -0.478 e. The van der Waals surface area contributed by atoms with Gasteiger partial charge in [0.15, 0.2) is 0 Å². The average Bonchev–Trinajstić information content (AvgIpc) is 2.62. The minimum atomic E-state index is -0.995. The van der Waals surface area contributed by atoms with Crippen LogP contribution < -0.4 is 0 Å². The van der Waals surface area contributed by atoms with Crippen molar-refractivity contribution >= 4 is 11.9 Å². The molecule has 2 heterocycles. The van der Waals surface area contributed by atoms with Crippen molar-refractivity contribution in [2.75, 3.05) is 13.1 Å².